The molecule has 0 unspecified atom stereocenters. The third-order valence-electron chi connectivity index (χ3n) is 1.58. The van der Waals surface area contributed by atoms with E-state index in [0.29, 0.717) is 13.1 Å². The van der Waals surface area contributed by atoms with Crippen LogP contribution in [0.3, 0.4) is 0 Å². The minimum Gasteiger partial charge on any atom is -0.364 e. The van der Waals surface area contributed by atoms with Crippen LogP contribution < -0.4 is 16.4 Å². The van der Waals surface area contributed by atoms with E-state index in [1.165, 1.54) is 0 Å². The summed E-state index contributed by atoms with van der Waals surface area (Å²) in [6.07, 6.45) is 1.87. The molecular weight excluding hydrogens is 168 g/mol. The van der Waals surface area contributed by atoms with Crippen LogP contribution in [0.5, 0.6) is 0 Å². The van der Waals surface area contributed by atoms with Gasteiger partial charge < -0.3 is 21.4 Å². The second-order valence-corrected chi connectivity index (χ2v) is 2.66. The van der Waals surface area contributed by atoms with Gasteiger partial charge in [0, 0.05) is 31.5 Å². The van der Waals surface area contributed by atoms with Crippen molar-refractivity contribution in [3.63, 3.8) is 0 Å². The second kappa shape index (κ2) is 5.21. The number of carbonyl (C=O) groups excluding carboxylic acids is 1. The van der Waals surface area contributed by atoms with E-state index in [4.69, 9.17) is 5.73 Å². The van der Waals surface area contributed by atoms with Crippen molar-refractivity contribution < 1.29 is 4.79 Å². The molecule has 2 amide bonds. The molecule has 1 aromatic heterocycles. The van der Waals surface area contributed by atoms with Crippen LogP contribution in [0.25, 0.3) is 0 Å². The Kier molecular flexibility index (Phi) is 3.84. The van der Waals surface area contributed by atoms with E-state index in [9.17, 15) is 4.79 Å². The Morgan fingerprint density at radius 1 is 1.54 bits per heavy atom. The number of carbonyl (C=O) groups is 1. The van der Waals surface area contributed by atoms with E-state index >= 15 is 0 Å². The van der Waals surface area contributed by atoms with Gasteiger partial charge in [-0.05, 0) is 12.1 Å². The van der Waals surface area contributed by atoms with Crippen LogP contribution in [-0.2, 0) is 6.54 Å². The van der Waals surface area contributed by atoms with Crippen molar-refractivity contribution in [2.24, 2.45) is 5.73 Å². The highest BCUT2D eigenvalue weighted by atomic mass is 16.2. The zero-order chi connectivity index (χ0) is 9.52. The number of hydrogen-bond donors (Lipinski definition) is 4. The molecule has 1 heterocycles. The molecule has 0 fully saturated rings. The highest BCUT2D eigenvalue weighted by molar-refractivity contribution is 5.71. The van der Waals surface area contributed by atoms with E-state index in [1.807, 2.05) is 18.3 Å². The van der Waals surface area contributed by atoms with Crippen molar-refractivity contribution in [1.29, 1.82) is 0 Å². The summed E-state index contributed by atoms with van der Waals surface area (Å²) in [5.74, 6) is 0. The average molecular weight is 182 g/mol. The van der Waals surface area contributed by atoms with Crippen molar-refractivity contribution >= 4 is 6.03 Å². The molecule has 0 aliphatic rings. The lowest BCUT2D eigenvalue weighted by Gasteiger charge is -2.03. The number of H-pyrrole nitrogens is 1. The first-order valence-electron chi connectivity index (χ1n) is 4.15. The monoisotopic (exact) mass is 182 g/mol. The number of urea groups is 1. The third kappa shape index (κ3) is 4.17. The molecule has 0 saturated carbocycles. The van der Waals surface area contributed by atoms with Gasteiger partial charge in [-0.25, -0.2) is 4.79 Å². The van der Waals surface area contributed by atoms with Crippen molar-refractivity contribution in [2.75, 3.05) is 13.1 Å². The number of hydrogen-bond acceptors (Lipinski definition) is 2. The number of primary amides is 1. The fraction of sp³-hybridized carbons (Fsp3) is 0.375. The molecule has 0 saturated heterocycles. The van der Waals surface area contributed by atoms with Crippen LogP contribution in [0, 0.1) is 0 Å². The molecule has 0 aromatic carbocycles. The van der Waals surface area contributed by atoms with Gasteiger partial charge in [0.1, 0.15) is 0 Å². The Hall–Kier alpha value is -1.49. The molecular formula is C8H14N4O. The van der Waals surface area contributed by atoms with Crippen molar-refractivity contribution in [3.05, 3.63) is 24.0 Å². The van der Waals surface area contributed by atoms with Crippen LogP contribution in [0.1, 0.15) is 5.69 Å². The largest absolute Gasteiger partial charge is 0.364 e. The predicted octanol–water partition coefficient (Wildman–Crippen LogP) is -0.227. The van der Waals surface area contributed by atoms with Crippen molar-refractivity contribution in [2.45, 2.75) is 6.54 Å². The van der Waals surface area contributed by atoms with Crippen LogP contribution in [0.4, 0.5) is 4.79 Å². The normalized spacial score (nSPS) is 9.85. The van der Waals surface area contributed by atoms with Crippen LogP contribution in [0.15, 0.2) is 18.3 Å². The Bertz CT molecular complexity index is 245. The predicted molar refractivity (Wildman–Crippen MR) is 50.1 cm³/mol. The molecule has 13 heavy (non-hydrogen) atoms. The smallest absolute Gasteiger partial charge is 0.312 e. The maximum atomic E-state index is 10.3. The molecule has 0 spiro atoms. The Morgan fingerprint density at radius 2 is 2.38 bits per heavy atom. The highest BCUT2D eigenvalue weighted by Crippen LogP contribution is 1.91. The third-order valence-corrected chi connectivity index (χ3v) is 1.58. The molecule has 0 aliphatic carbocycles. The second-order valence-electron chi connectivity index (χ2n) is 2.66. The molecule has 5 N–H and O–H groups in total. The van der Waals surface area contributed by atoms with E-state index in [2.05, 4.69) is 15.6 Å². The van der Waals surface area contributed by atoms with Gasteiger partial charge in [0.15, 0.2) is 0 Å². The molecule has 0 aliphatic heterocycles. The summed E-state index contributed by atoms with van der Waals surface area (Å²) in [4.78, 5) is 13.3. The standard InChI is InChI=1S/C8H14N4O/c9-8(13)12-5-4-10-6-7-2-1-3-11-7/h1-3,10-11H,4-6H2,(H3,9,12,13). The van der Waals surface area contributed by atoms with Crippen molar-refractivity contribution in [1.82, 2.24) is 15.6 Å². The number of aromatic nitrogens is 1. The van der Waals surface area contributed by atoms with Crippen LogP contribution in [-0.4, -0.2) is 24.1 Å². The number of rotatable bonds is 5. The molecule has 0 radical (unpaired) electrons. The first-order valence-corrected chi connectivity index (χ1v) is 4.15. The van der Waals surface area contributed by atoms with Gasteiger partial charge in [-0.1, -0.05) is 0 Å². The molecule has 5 heteroatoms. The number of nitrogens with two attached hydrogens (primary N) is 1. The van der Waals surface area contributed by atoms with Gasteiger partial charge in [-0.3, -0.25) is 0 Å². The maximum absolute atomic E-state index is 10.3. The lowest BCUT2D eigenvalue weighted by Crippen LogP contribution is -2.35. The lowest BCUT2D eigenvalue weighted by atomic mass is 10.4. The maximum Gasteiger partial charge on any atom is 0.312 e. The zero-order valence-corrected chi connectivity index (χ0v) is 7.34. The fourth-order valence-electron chi connectivity index (χ4n) is 0.975. The zero-order valence-electron chi connectivity index (χ0n) is 7.34. The molecule has 5 nitrogen and oxygen atoms in total. The number of aromatic amines is 1. The van der Waals surface area contributed by atoms with E-state index in [0.717, 1.165) is 12.2 Å². The van der Waals surface area contributed by atoms with Crippen molar-refractivity contribution in [3.8, 4) is 0 Å². The molecule has 1 aromatic rings. The van der Waals surface area contributed by atoms with Gasteiger partial charge in [0.05, 0.1) is 0 Å². The summed E-state index contributed by atoms with van der Waals surface area (Å²) < 4.78 is 0. The summed E-state index contributed by atoms with van der Waals surface area (Å²) in [7, 11) is 0. The first-order chi connectivity index (χ1) is 6.29. The molecule has 0 bridgehead atoms. The van der Waals surface area contributed by atoms with Gasteiger partial charge in [-0.15, -0.1) is 0 Å². The lowest BCUT2D eigenvalue weighted by molar-refractivity contribution is 0.249. The van der Waals surface area contributed by atoms with Gasteiger partial charge in [0.2, 0.25) is 0 Å². The summed E-state index contributed by atoms with van der Waals surface area (Å²) in [5.41, 5.74) is 6.01. The Balaban J connectivity index is 1.99. The fourth-order valence-corrected chi connectivity index (χ4v) is 0.975. The Labute approximate surface area is 76.7 Å². The minimum absolute atomic E-state index is 0.485. The molecule has 1 rings (SSSR count). The highest BCUT2D eigenvalue weighted by Gasteiger charge is 1.92. The summed E-state index contributed by atoms with van der Waals surface area (Å²) >= 11 is 0. The first kappa shape index (κ1) is 9.60. The van der Waals surface area contributed by atoms with Gasteiger partial charge in [-0.2, -0.15) is 0 Å². The number of nitrogens with one attached hydrogen (secondary N) is 3. The van der Waals surface area contributed by atoms with E-state index in [1.54, 1.807) is 0 Å². The average Bonchev–Trinajstić information content (AvgIpc) is 2.55. The topological polar surface area (TPSA) is 82.9 Å². The van der Waals surface area contributed by atoms with Gasteiger partial charge in [0.25, 0.3) is 0 Å². The van der Waals surface area contributed by atoms with Gasteiger partial charge >= 0.3 is 6.03 Å². The van der Waals surface area contributed by atoms with Crippen LogP contribution in [0.2, 0.25) is 0 Å². The van der Waals surface area contributed by atoms with Crippen LogP contribution >= 0.6 is 0 Å². The minimum atomic E-state index is -0.485. The molecule has 0 atom stereocenters. The summed E-state index contributed by atoms with van der Waals surface area (Å²) in [5, 5.41) is 5.63. The Morgan fingerprint density at radius 3 is 3.00 bits per heavy atom. The SMILES string of the molecule is NC(=O)NCCNCc1ccc[nH]1. The quantitative estimate of drug-likeness (QED) is 0.474. The summed E-state index contributed by atoms with van der Waals surface area (Å²) in [6.45, 7) is 2.03. The van der Waals surface area contributed by atoms with E-state index in [-0.39, 0.29) is 0 Å². The number of amides is 2. The summed E-state index contributed by atoms with van der Waals surface area (Å²) in [6, 6.07) is 3.45. The van der Waals surface area contributed by atoms with E-state index < -0.39 is 6.03 Å². The molecule has 72 valence electrons.